The fourth-order valence-corrected chi connectivity index (χ4v) is 8.30. The number of aliphatic hydroxyl groups excluding tert-OH is 1. The Hall–Kier alpha value is -5.24. The number of hydrogen-bond donors (Lipinski definition) is 3. The van der Waals surface area contributed by atoms with Crippen LogP contribution < -0.4 is 9.44 Å². The molecule has 61 heavy (non-hydrogen) atoms. The van der Waals surface area contributed by atoms with E-state index in [0.717, 1.165) is 28.9 Å². The third-order valence-electron chi connectivity index (χ3n) is 9.28. The summed E-state index contributed by atoms with van der Waals surface area (Å²) in [5.74, 6) is 2.44. The highest BCUT2D eigenvalue weighted by atomic mass is 35.5. The lowest BCUT2D eigenvalue weighted by atomic mass is 9.87. The zero-order valence-electron chi connectivity index (χ0n) is 35.9. The van der Waals surface area contributed by atoms with Crippen molar-refractivity contribution in [2.45, 2.75) is 96.3 Å². The first-order valence-electron chi connectivity index (χ1n) is 19.2. The Morgan fingerprint density at radius 2 is 1.03 bits per heavy atom. The number of rotatable bonds is 9. The van der Waals surface area contributed by atoms with Gasteiger partial charge < -0.3 is 5.11 Å². The van der Waals surface area contributed by atoms with E-state index in [-0.39, 0.29) is 27.2 Å². The number of sulfonamides is 2. The summed E-state index contributed by atoms with van der Waals surface area (Å²) in [5.41, 5.74) is 6.28. The molecule has 324 valence electrons. The van der Waals surface area contributed by atoms with Gasteiger partial charge in [-0.2, -0.15) is 0 Å². The Bertz CT molecular complexity index is 2730. The summed E-state index contributed by atoms with van der Waals surface area (Å²) in [6, 6.07) is 23.5. The number of halogens is 2. The highest BCUT2D eigenvalue weighted by Crippen LogP contribution is 2.31. The van der Waals surface area contributed by atoms with Crippen molar-refractivity contribution in [2.24, 2.45) is 0 Å². The SMILES string of the molecule is C#Cc1nnn(-c2cc(Cl)ccc2NS(=O)(=O)c2ccc(C(C)(C)C)cc2)c1C.CCO.CCc1nnn(-c2cc(Cl)ccc2NS(=O)(=O)c2ccc(C(C)(C)C)cc2)c1C. The number of terminal acetylenes is 1. The highest BCUT2D eigenvalue weighted by Gasteiger charge is 2.23. The molecule has 0 saturated carbocycles. The number of anilines is 2. The van der Waals surface area contributed by atoms with Crippen LogP contribution in [0.15, 0.2) is 94.7 Å². The summed E-state index contributed by atoms with van der Waals surface area (Å²) in [6.07, 6.45) is 6.16. The lowest BCUT2D eigenvalue weighted by Gasteiger charge is -2.19. The molecule has 0 radical (unpaired) electrons. The first-order chi connectivity index (χ1) is 28.5. The molecule has 17 heteroatoms. The fourth-order valence-electron chi connectivity index (χ4n) is 5.82. The van der Waals surface area contributed by atoms with Gasteiger partial charge in [-0.25, -0.2) is 26.2 Å². The molecule has 13 nitrogen and oxygen atoms in total. The molecule has 0 fully saturated rings. The van der Waals surface area contributed by atoms with Crippen molar-refractivity contribution in [1.82, 2.24) is 30.0 Å². The topological polar surface area (TPSA) is 174 Å². The minimum absolute atomic E-state index is 0.0549. The molecule has 4 aromatic carbocycles. The monoisotopic (exact) mass is 906 g/mol. The first-order valence-corrected chi connectivity index (χ1v) is 23.0. The van der Waals surface area contributed by atoms with E-state index in [1.165, 1.54) is 4.68 Å². The van der Waals surface area contributed by atoms with Crippen LogP contribution in [0.4, 0.5) is 11.4 Å². The maximum Gasteiger partial charge on any atom is 0.261 e. The van der Waals surface area contributed by atoms with Crippen LogP contribution in [0, 0.1) is 26.2 Å². The molecule has 3 N–H and O–H groups in total. The van der Waals surface area contributed by atoms with E-state index in [1.54, 1.807) is 79.2 Å². The lowest BCUT2D eigenvalue weighted by Crippen LogP contribution is -2.16. The fraction of sp³-hybridized carbons (Fsp3) is 0.318. The van der Waals surface area contributed by atoms with Crippen LogP contribution >= 0.6 is 23.2 Å². The summed E-state index contributed by atoms with van der Waals surface area (Å²) in [5, 5.41) is 24.8. The highest BCUT2D eigenvalue weighted by molar-refractivity contribution is 7.93. The van der Waals surface area contributed by atoms with Crippen molar-refractivity contribution in [1.29, 1.82) is 0 Å². The predicted molar refractivity (Wildman–Crippen MR) is 244 cm³/mol. The molecule has 2 aromatic heterocycles. The molecule has 6 rings (SSSR count). The lowest BCUT2D eigenvalue weighted by molar-refractivity contribution is 0.318. The second kappa shape index (κ2) is 19.6. The average Bonchev–Trinajstić information content (AvgIpc) is 3.76. The number of hydrogen-bond acceptors (Lipinski definition) is 9. The van der Waals surface area contributed by atoms with Crippen molar-refractivity contribution in [3.05, 3.63) is 129 Å². The van der Waals surface area contributed by atoms with Crippen LogP contribution in [0.3, 0.4) is 0 Å². The smallest absolute Gasteiger partial charge is 0.261 e. The quantitative estimate of drug-likeness (QED) is 0.120. The van der Waals surface area contributed by atoms with Crippen LogP contribution in [0.1, 0.15) is 89.3 Å². The van der Waals surface area contributed by atoms with Crippen molar-refractivity contribution in [3.8, 4) is 23.7 Å². The van der Waals surface area contributed by atoms with Gasteiger partial charge in [0.2, 0.25) is 0 Å². The van der Waals surface area contributed by atoms with Crippen LogP contribution in [0.5, 0.6) is 0 Å². The maximum atomic E-state index is 13.0. The molecule has 0 unspecified atom stereocenters. The molecule has 0 spiro atoms. The van der Waals surface area contributed by atoms with Crippen LogP contribution in [0.2, 0.25) is 10.0 Å². The summed E-state index contributed by atoms with van der Waals surface area (Å²) in [4.78, 5) is 0.349. The molecule has 0 saturated heterocycles. The van der Waals surface area contributed by atoms with E-state index in [9.17, 15) is 16.8 Å². The van der Waals surface area contributed by atoms with E-state index in [4.69, 9.17) is 34.7 Å². The van der Waals surface area contributed by atoms with Crippen LogP contribution in [-0.4, -0.2) is 58.5 Å². The third kappa shape index (κ3) is 12.0. The maximum absolute atomic E-state index is 13.0. The van der Waals surface area contributed by atoms with Gasteiger partial charge in [0.25, 0.3) is 20.0 Å². The van der Waals surface area contributed by atoms with Crippen LogP contribution in [0.25, 0.3) is 11.4 Å². The Kier molecular flexibility index (Phi) is 15.6. The molecule has 0 aliphatic rings. The Labute approximate surface area is 369 Å². The van der Waals surface area contributed by atoms with Gasteiger partial charge in [-0.1, -0.05) is 106 Å². The van der Waals surface area contributed by atoms with E-state index < -0.39 is 20.0 Å². The molecule has 0 atom stereocenters. The van der Waals surface area contributed by atoms with Gasteiger partial charge in [-0.3, -0.25) is 9.44 Å². The largest absolute Gasteiger partial charge is 0.397 e. The summed E-state index contributed by atoms with van der Waals surface area (Å²) in [7, 11) is -7.61. The standard InChI is InChI=1S/C21H25ClN4O2S.C21H21ClN4O2S.C2H6O/c2*1-6-18-14(2)26(25-23-18)20-13-16(22)9-12-19(20)24-29(27,28)17-10-7-15(8-11-17)21(3,4)5;1-2-3/h7-13,24H,6H2,1-5H3;1,7-13,24H,2-5H3;3H,2H2,1H3. The zero-order chi connectivity index (χ0) is 45.5. The summed E-state index contributed by atoms with van der Waals surface area (Å²) < 4.78 is 60.2. The van der Waals surface area contributed by atoms with Gasteiger partial charge in [0.1, 0.15) is 0 Å². The normalized spacial score (nSPS) is 11.7. The molecule has 0 bridgehead atoms. The Morgan fingerprint density at radius 1 is 0.656 bits per heavy atom. The Morgan fingerprint density at radius 3 is 1.36 bits per heavy atom. The van der Waals surface area contributed by atoms with Gasteiger partial charge in [0, 0.05) is 16.7 Å². The van der Waals surface area contributed by atoms with E-state index in [0.29, 0.717) is 44.2 Å². The minimum Gasteiger partial charge on any atom is -0.397 e. The first kappa shape index (κ1) is 48.4. The van der Waals surface area contributed by atoms with Crippen molar-refractivity contribution in [3.63, 3.8) is 0 Å². The van der Waals surface area contributed by atoms with Crippen LogP contribution in [-0.2, 0) is 37.3 Å². The zero-order valence-corrected chi connectivity index (χ0v) is 39.1. The van der Waals surface area contributed by atoms with Gasteiger partial charge in [-0.05, 0) is 116 Å². The number of aryl methyl sites for hydroxylation is 1. The van der Waals surface area contributed by atoms with Crippen molar-refractivity contribution < 1.29 is 21.9 Å². The second-order valence-corrected chi connectivity index (χ2v) is 20.1. The van der Waals surface area contributed by atoms with Crippen molar-refractivity contribution >= 4 is 54.6 Å². The molecular weight excluding hydrogens is 856 g/mol. The predicted octanol–water partition coefficient (Wildman–Crippen LogP) is 9.20. The Balaban J connectivity index is 0.000000252. The molecule has 2 heterocycles. The number of aromatic nitrogens is 6. The molecule has 0 aliphatic carbocycles. The molecule has 0 aliphatic heterocycles. The van der Waals surface area contributed by atoms with Gasteiger partial charge >= 0.3 is 0 Å². The number of aliphatic hydroxyl groups is 1. The summed E-state index contributed by atoms with van der Waals surface area (Å²) >= 11 is 12.3. The van der Waals surface area contributed by atoms with E-state index in [2.05, 4.69) is 77.5 Å². The molecule has 6 aromatic rings. The third-order valence-corrected chi connectivity index (χ3v) is 12.5. The molecular formula is C44H52Cl2N8O5S2. The average molecular weight is 908 g/mol. The second-order valence-electron chi connectivity index (χ2n) is 15.9. The summed E-state index contributed by atoms with van der Waals surface area (Å²) in [6.45, 7) is 20.0. The molecule has 0 amide bonds. The van der Waals surface area contributed by atoms with Gasteiger partial charge in [0.05, 0.1) is 49.6 Å². The number of nitrogens with one attached hydrogen (secondary N) is 2. The van der Waals surface area contributed by atoms with Gasteiger partial charge in [-0.15, -0.1) is 16.6 Å². The minimum atomic E-state index is -3.83. The van der Waals surface area contributed by atoms with Gasteiger partial charge in [0.15, 0.2) is 5.69 Å². The van der Waals surface area contributed by atoms with E-state index in [1.807, 2.05) is 38.1 Å². The number of benzene rings is 4. The van der Waals surface area contributed by atoms with Crippen molar-refractivity contribution in [2.75, 3.05) is 16.1 Å². The van der Waals surface area contributed by atoms with E-state index >= 15 is 0 Å². The number of nitrogens with zero attached hydrogens (tertiary/aromatic N) is 6.